The molecule has 1 aliphatic carbocycles. The number of carbonyl (C=O) groups is 3. The molecule has 0 unspecified atom stereocenters. The summed E-state index contributed by atoms with van der Waals surface area (Å²) in [6, 6.07) is 5.15. The first-order valence-electron chi connectivity index (χ1n) is 8.21. The molecule has 1 aliphatic rings. The van der Waals surface area contributed by atoms with Crippen molar-refractivity contribution in [3.63, 3.8) is 0 Å². The molecule has 1 heterocycles. The summed E-state index contributed by atoms with van der Waals surface area (Å²) in [7, 11) is 0. The molecule has 1 fully saturated rings. The lowest BCUT2D eigenvalue weighted by atomic mass is 9.96. The van der Waals surface area contributed by atoms with Gasteiger partial charge >= 0.3 is 0 Å². The molecule has 1 saturated carbocycles. The molecular weight excluding hydrogens is 306 g/mol. The van der Waals surface area contributed by atoms with Crippen LogP contribution in [0.2, 0.25) is 0 Å². The summed E-state index contributed by atoms with van der Waals surface area (Å²) in [5, 5.41) is 0.608. The molecule has 3 rings (SSSR count). The van der Waals surface area contributed by atoms with Gasteiger partial charge in [-0.3, -0.25) is 14.4 Å². The molecule has 5 N–H and O–H groups in total. The first-order valence-corrected chi connectivity index (χ1v) is 8.21. The second kappa shape index (κ2) is 6.47. The number of aromatic amines is 1. The molecule has 0 atom stereocenters. The van der Waals surface area contributed by atoms with E-state index < -0.39 is 11.8 Å². The van der Waals surface area contributed by atoms with Gasteiger partial charge in [0.25, 0.3) is 5.91 Å². The number of rotatable bonds is 6. The summed E-state index contributed by atoms with van der Waals surface area (Å²) in [6.45, 7) is 0. The molecule has 0 spiro atoms. The normalized spacial score (nSPS) is 15.0. The van der Waals surface area contributed by atoms with Crippen molar-refractivity contribution in [1.29, 1.82) is 0 Å². The van der Waals surface area contributed by atoms with Gasteiger partial charge < -0.3 is 16.5 Å². The molecule has 1 aromatic heterocycles. The predicted molar refractivity (Wildman–Crippen MR) is 90.6 cm³/mol. The highest BCUT2D eigenvalue weighted by Crippen LogP contribution is 2.30. The number of amides is 2. The van der Waals surface area contributed by atoms with Crippen LogP contribution in [0.25, 0.3) is 10.9 Å². The maximum Gasteiger partial charge on any atom is 0.251 e. The Labute approximate surface area is 139 Å². The molecule has 0 bridgehead atoms. The molecule has 2 amide bonds. The molecule has 24 heavy (non-hydrogen) atoms. The van der Waals surface area contributed by atoms with Gasteiger partial charge in [-0.1, -0.05) is 37.8 Å². The van der Waals surface area contributed by atoms with E-state index in [1.807, 2.05) is 0 Å². The Balaban J connectivity index is 1.94. The zero-order valence-corrected chi connectivity index (χ0v) is 13.4. The highest BCUT2D eigenvalue weighted by molar-refractivity contribution is 6.09. The minimum atomic E-state index is -0.623. The second-order valence-corrected chi connectivity index (χ2v) is 6.52. The number of hydrogen-bond donors (Lipinski definition) is 3. The van der Waals surface area contributed by atoms with E-state index in [-0.39, 0.29) is 17.8 Å². The number of H-pyrrole nitrogens is 1. The van der Waals surface area contributed by atoms with Gasteiger partial charge in [0.05, 0.1) is 12.0 Å². The van der Waals surface area contributed by atoms with Crippen molar-refractivity contribution in [1.82, 2.24) is 4.98 Å². The third-order valence-corrected chi connectivity index (χ3v) is 4.74. The van der Waals surface area contributed by atoms with Crippen molar-refractivity contribution in [3.8, 4) is 0 Å². The summed E-state index contributed by atoms with van der Waals surface area (Å²) in [5.41, 5.74) is 12.5. The summed E-state index contributed by atoms with van der Waals surface area (Å²) < 4.78 is 0. The van der Waals surface area contributed by atoms with Gasteiger partial charge in [0.15, 0.2) is 5.78 Å². The van der Waals surface area contributed by atoms with Gasteiger partial charge in [-0.15, -0.1) is 0 Å². The third kappa shape index (κ3) is 3.18. The van der Waals surface area contributed by atoms with Crippen LogP contribution in [0.15, 0.2) is 18.2 Å². The molecule has 126 valence electrons. The average Bonchev–Trinajstić information content (AvgIpc) is 3.12. The molecule has 6 nitrogen and oxygen atoms in total. The van der Waals surface area contributed by atoms with Crippen LogP contribution in [-0.2, 0) is 11.2 Å². The Morgan fingerprint density at radius 1 is 1.12 bits per heavy atom. The first kappa shape index (κ1) is 16.2. The van der Waals surface area contributed by atoms with Crippen LogP contribution in [0.5, 0.6) is 0 Å². The third-order valence-electron chi connectivity index (χ3n) is 4.74. The maximum atomic E-state index is 12.5. The number of fused-ring (bicyclic) bond motifs is 1. The van der Waals surface area contributed by atoms with E-state index in [1.165, 1.54) is 12.8 Å². The van der Waals surface area contributed by atoms with E-state index in [0.717, 1.165) is 12.8 Å². The fraction of sp³-hybridized carbons (Fsp3) is 0.389. The first-order chi connectivity index (χ1) is 11.5. The van der Waals surface area contributed by atoms with Crippen LogP contribution in [0, 0.1) is 5.92 Å². The number of nitrogens with two attached hydrogens (primary N) is 2. The fourth-order valence-electron chi connectivity index (χ4n) is 3.61. The number of nitrogens with one attached hydrogen (secondary N) is 1. The summed E-state index contributed by atoms with van der Waals surface area (Å²) in [6.07, 6.45) is 5.09. The Kier molecular flexibility index (Phi) is 4.38. The zero-order chi connectivity index (χ0) is 17.3. The van der Waals surface area contributed by atoms with Crippen LogP contribution in [-0.4, -0.2) is 22.6 Å². The van der Waals surface area contributed by atoms with Crippen LogP contribution in [0.3, 0.4) is 0 Å². The lowest BCUT2D eigenvalue weighted by molar-refractivity contribution is -0.117. The lowest BCUT2D eigenvalue weighted by Crippen LogP contribution is -2.18. The van der Waals surface area contributed by atoms with Gasteiger partial charge in [0, 0.05) is 28.6 Å². The van der Waals surface area contributed by atoms with Crippen LogP contribution in [0.4, 0.5) is 0 Å². The average molecular weight is 327 g/mol. The minimum absolute atomic E-state index is 0.0989. The molecule has 2 aromatic rings. The van der Waals surface area contributed by atoms with Crippen LogP contribution >= 0.6 is 0 Å². The minimum Gasteiger partial charge on any atom is -0.369 e. The van der Waals surface area contributed by atoms with E-state index in [4.69, 9.17) is 11.5 Å². The quantitative estimate of drug-likeness (QED) is 0.704. The predicted octanol–water partition coefficient (Wildman–Crippen LogP) is 2.06. The Morgan fingerprint density at radius 3 is 2.46 bits per heavy atom. The van der Waals surface area contributed by atoms with Gasteiger partial charge in [-0.2, -0.15) is 0 Å². The fourth-order valence-corrected chi connectivity index (χ4v) is 3.61. The Hall–Kier alpha value is -2.63. The van der Waals surface area contributed by atoms with E-state index in [1.54, 1.807) is 18.2 Å². The van der Waals surface area contributed by atoms with Crippen molar-refractivity contribution in [2.45, 2.75) is 38.5 Å². The summed E-state index contributed by atoms with van der Waals surface area (Å²) in [5.74, 6) is -0.594. The number of Topliss-reactive ketones (excluding diaryl/α,β-unsaturated/α-hetero) is 1. The highest BCUT2D eigenvalue weighted by Gasteiger charge is 2.21. The van der Waals surface area contributed by atoms with E-state index in [9.17, 15) is 14.4 Å². The second-order valence-electron chi connectivity index (χ2n) is 6.52. The largest absolute Gasteiger partial charge is 0.369 e. The van der Waals surface area contributed by atoms with Crippen molar-refractivity contribution >= 4 is 28.5 Å². The number of ketones is 1. The van der Waals surface area contributed by atoms with Crippen LogP contribution < -0.4 is 11.5 Å². The SMILES string of the molecule is NC(=O)Cc1[nH]c2cc(C(=O)CC3CCCC3)ccc2c1C(N)=O. The van der Waals surface area contributed by atoms with E-state index in [0.29, 0.717) is 34.5 Å². The number of hydrogen-bond acceptors (Lipinski definition) is 3. The zero-order valence-electron chi connectivity index (χ0n) is 13.4. The standard InChI is InChI=1S/C18H21N3O3/c19-16(23)9-14-17(18(20)24)12-6-5-11(8-13(12)21-14)15(22)7-10-3-1-2-4-10/h5-6,8,10,21H,1-4,7,9H2,(H2,19,23)(H2,20,24). The summed E-state index contributed by atoms with van der Waals surface area (Å²) in [4.78, 5) is 38.4. The molecule has 0 aliphatic heterocycles. The Bertz CT molecular complexity index is 816. The van der Waals surface area contributed by atoms with Crippen molar-refractivity contribution in [2.75, 3.05) is 0 Å². The van der Waals surface area contributed by atoms with Gasteiger partial charge in [0.2, 0.25) is 5.91 Å². The Morgan fingerprint density at radius 2 is 1.83 bits per heavy atom. The highest BCUT2D eigenvalue weighted by atomic mass is 16.1. The number of primary amides is 2. The maximum absolute atomic E-state index is 12.5. The topological polar surface area (TPSA) is 119 Å². The molecule has 1 aromatic carbocycles. The van der Waals surface area contributed by atoms with Crippen molar-refractivity contribution in [3.05, 3.63) is 35.0 Å². The van der Waals surface area contributed by atoms with Crippen LogP contribution in [0.1, 0.15) is 58.5 Å². The monoisotopic (exact) mass is 327 g/mol. The molecule has 0 radical (unpaired) electrons. The molecular formula is C18H21N3O3. The number of carbonyl (C=O) groups excluding carboxylic acids is 3. The van der Waals surface area contributed by atoms with E-state index in [2.05, 4.69) is 4.98 Å². The number of benzene rings is 1. The van der Waals surface area contributed by atoms with Gasteiger partial charge in [0.1, 0.15) is 0 Å². The van der Waals surface area contributed by atoms with E-state index >= 15 is 0 Å². The molecule has 6 heteroatoms. The lowest BCUT2D eigenvalue weighted by Gasteiger charge is -2.07. The smallest absolute Gasteiger partial charge is 0.251 e. The van der Waals surface area contributed by atoms with Crippen molar-refractivity contribution in [2.24, 2.45) is 17.4 Å². The van der Waals surface area contributed by atoms with Crippen molar-refractivity contribution < 1.29 is 14.4 Å². The molecule has 0 saturated heterocycles. The summed E-state index contributed by atoms with van der Waals surface area (Å²) >= 11 is 0. The van der Waals surface area contributed by atoms with Gasteiger partial charge in [-0.25, -0.2) is 0 Å². The number of aromatic nitrogens is 1. The van der Waals surface area contributed by atoms with Gasteiger partial charge in [-0.05, 0) is 12.0 Å².